The van der Waals surface area contributed by atoms with E-state index in [0.717, 1.165) is 13.2 Å². The summed E-state index contributed by atoms with van der Waals surface area (Å²) in [5.41, 5.74) is 0. The second kappa shape index (κ2) is 5.83. The number of hydrogen-bond acceptors (Lipinski definition) is 3. The van der Waals surface area contributed by atoms with E-state index < -0.39 is 0 Å². The van der Waals surface area contributed by atoms with Crippen molar-refractivity contribution in [1.82, 2.24) is 5.32 Å². The second-order valence-electron chi connectivity index (χ2n) is 4.76. The van der Waals surface area contributed by atoms with Gasteiger partial charge in [-0.25, -0.2) is 0 Å². The number of hydrogen-bond donors (Lipinski definition) is 1. The molecular weight excluding hydrogens is 190 g/mol. The number of nitrogens with one attached hydrogen (secondary N) is 1. The largest absolute Gasteiger partial charge is 0.381 e. The van der Waals surface area contributed by atoms with Gasteiger partial charge in [0.2, 0.25) is 0 Å². The summed E-state index contributed by atoms with van der Waals surface area (Å²) in [5, 5.41) is 3.61. The Labute approximate surface area is 92.5 Å². The van der Waals surface area contributed by atoms with Crippen molar-refractivity contribution in [3.63, 3.8) is 0 Å². The van der Waals surface area contributed by atoms with E-state index in [2.05, 4.69) is 5.32 Å². The Morgan fingerprint density at radius 2 is 2.20 bits per heavy atom. The minimum absolute atomic E-state index is 0.459. The van der Waals surface area contributed by atoms with Gasteiger partial charge in [0.25, 0.3) is 0 Å². The van der Waals surface area contributed by atoms with Gasteiger partial charge in [-0.1, -0.05) is 0 Å². The van der Waals surface area contributed by atoms with Gasteiger partial charge in [0.1, 0.15) is 0 Å². The summed E-state index contributed by atoms with van der Waals surface area (Å²) < 4.78 is 11.1. The molecule has 1 N–H and O–H groups in total. The standard InChI is InChI=1S/C12H23NO2/c1-14-11-6-5-10(8-11)13-9-12-4-2-3-7-15-12/h10-13H,2-9H2,1H3. The molecule has 2 rings (SSSR count). The smallest absolute Gasteiger partial charge is 0.0699 e. The predicted molar refractivity (Wildman–Crippen MR) is 60.0 cm³/mol. The van der Waals surface area contributed by atoms with Crippen LogP contribution < -0.4 is 5.32 Å². The summed E-state index contributed by atoms with van der Waals surface area (Å²) in [6, 6.07) is 0.653. The molecule has 1 saturated carbocycles. The first kappa shape index (κ1) is 11.4. The number of ether oxygens (including phenoxy) is 2. The molecule has 0 radical (unpaired) electrons. The van der Waals surface area contributed by atoms with Crippen LogP contribution in [0.3, 0.4) is 0 Å². The molecule has 3 nitrogen and oxygen atoms in total. The Kier molecular flexibility index (Phi) is 4.42. The van der Waals surface area contributed by atoms with E-state index in [1.54, 1.807) is 0 Å². The van der Waals surface area contributed by atoms with Gasteiger partial charge in [-0.2, -0.15) is 0 Å². The van der Waals surface area contributed by atoms with Gasteiger partial charge >= 0.3 is 0 Å². The van der Waals surface area contributed by atoms with E-state index in [-0.39, 0.29) is 0 Å². The van der Waals surface area contributed by atoms with Crippen molar-refractivity contribution in [2.75, 3.05) is 20.3 Å². The maximum absolute atomic E-state index is 5.70. The fourth-order valence-electron chi connectivity index (χ4n) is 2.61. The third-order valence-corrected chi connectivity index (χ3v) is 3.63. The van der Waals surface area contributed by atoms with Gasteiger partial charge in [0.15, 0.2) is 0 Å². The predicted octanol–water partition coefficient (Wildman–Crippen LogP) is 1.71. The van der Waals surface area contributed by atoms with Crippen LogP contribution in [0.15, 0.2) is 0 Å². The highest BCUT2D eigenvalue weighted by Crippen LogP contribution is 2.21. The summed E-state index contributed by atoms with van der Waals surface area (Å²) in [5.74, 6) is 0. The molecule has 15 heavy (non-hydrogen) atoms. The molecule has 0 aromatic rings. The van der Waals surface area contributed by atoms with E-state index in [9.17, 15) is 0 Å². The summed E-state index contributed by atoms with van der Waals surface area (Å²) in [6.07, 6.45) is 8.38. The zero-order chi connectivity index (χ0) is 10.5. The van der Waals surface area contributed by atoms with Crippen molar-refractivity contribution in [3.05, 3.63) is 0 Å². The van der Waals surface area contributed by atoms with Crippen molar-refractivity contribution in [2.45, 2.75) is 56.8 Å². The molecule has 1 saturated heterocycles. The normalized spacial score (nSPS) is 37.0. The molecule has 0 amide bonds. The summed E-state index contributed by atoms with van der Waals surface area (Å²) in [4.78, 5) is 0. The van der Waals surface area contributed by atoms with Crippen molar-refractivity contribution in [1.29, 1.82) is 0 Å². The Morgan fingerprint density at radius 1 is 1.27 bits per heavy atom. The van der Waals surface area contributed by atoms with Crippen molar-refractivity contribution < 1.29 is 9.47 Å². The Hall–Kier alpha value is -0.120. The molecule has 0 bridgehead atoms. The average Bonchev–Trinajstić information content (AvgIpc) is 2.76. The van der Waals surface area contributed by atoms with Crippen LogP contribution in [-0.2, 0) is 9.47 Å². The molecule has 3 atom stereocenters. The SMILES string of the molecule is COC1CCC(NCC2CCCCO2)C1. The zero-order valence-electron chi connectivity index (χ0n) is 9.71. The molecule has 0 aromatic carbocycles. The lowest BCUT2D eigenvalue weighted by Gasteiger charge is -2.24. The fraction of sp³-hybridized carbons (Fsp3) is 1.00. The van der Waals surface area contributed by atoms with Crippen LogP contribution in [0.1, 0.15) is 38.5 Å². The molecule has 2 aliphatic rings. The van der Waals surface area contributed by atoms with E-state index in [1.807, 2.05) is 7.11 Å². The second-order valence-corrected chi connectivity index (χ2v) is 4.76. The quantitative estimate of drug-likeness (QED) is 0.771. The van der Waals surface area contributed by atoms with Crippen molar-refractivity contribution in [3.8, 4) is 0 Å². The summed E-state index contributed by atoms with van der Waals surface area (Å²) in [6.45, 7) is 1.98. The van der Waals surface area contributed by atoms with Crippen LogP contribution in [-0.4, -0.2) is 38.5 Å². The average molecular weight is 213 g/mol. The number of rotatable bonds is 4. The van der Waals surface area contributed by atoms with Gasteiger partial charge in [0, 0.05) is 26.3 Å². The maximum atomic E-state index is 5.70. The lowest BCUT2D eigenvalue weighted by atomic mass is 10.1. The molecule has 3 unspecified atom stereocenters. The zero-order valence-corrected chi connectivity index (χ0v) is 9.71. The van der Waals surface area contributed by atoms with Crippen LogP contribution in [0.5, 0.6) is 0 Å². The topological polar surface area (TPSA) is 30.5 Å². The lowest BCUT2D eigenvalue weighted by molar-refractivity contribution is 0.0151. The third kappa shape index (κ3) is 3.44. The Balaban J connectivity index is 1.61. The highest BCUT2D eigenvalue weighted by Gasteiger charge is 2.25. The molecule has 2 fully saturated rings. The maximum Gasteiger partial charge on any atom is 0.0699 e. The summed E-state index contributed by atoms with van der Waals surface area (Å²) >= 11 is 0. The first-order chi connectivity index (χ1) is 7.38. The van der Waals surface area contributed by atoms with E-state index in [1.165, 1.54) is 38.5 Å². The van der Waals surface area contributed by atoms with Gasteiger partial charge in [-0.3, -0.25) is 0 Å². The van der Waals surface area contributed by atoms with E-state index in [4.69, 9.17) is 9.47 Å². The van der Waals surface area contributed by atoms with Gasteiger partial charge in [0.05, 0.1) is 12.2 Å². The Morgan fingerprint density at radius 3 is 2.87 bits per heavy atom. The monoisotopic (exact) mass is 213 g/mol. The molecule has 88 valence electrons. The molecule has 3 heteroatoms. The molecular formula is C12H23NO2. The molecule has 1 aliphatic carbocycles. The van der Waals surface area contributed by atoms with E-state index in [0.29, 0.717) is 18.2 Å². The Bertz CT molecular complexity index is 180. The van der Waals surface area contributed by atoms with Crippen LogP contribution >= 0.6 is 0 Å². The van der Waals surface area contributed by atoms with Crippen molar-refractivity contribution >= 4 is 0 Å². The minimum atomic E-state index is 0.459. The van der Waals surface area contributed by atoms with Crippen LogP contribution in [0.4, 0.5) is 0 Å². The van der Waals surface area contributed by atoms with Crippen LogP contribution in [0.2, 0.25) is 0 Å². The van der Waals surface area contributed by atoms with E-state index >= 15 is 0 Å². The van der Waals surface area contributed by atoms with Crippen LogP contribution in [0.25, 0.3) is 0 Å². The van der Waals surface area contributed by atoms with Gasteiger partial charge in [-0.05, 0) is 38.5 Å². The molecule has 1 aliphatic heterocycles. The third-order valence-electron chi connectivity index (χ3n) is 3.63. The minimum Gasteiger partial charge on any atom is -0.381 e. The number of methoxy groups -OCH3 is 1. The highest BCUT2D eigenvalue weighted by atomic mass is 16.5. The van der Waals surface area contributed by atoms with Crippen LogP contribution in [0, 0.1) is 0 Å². The first-order valence-electron chi connectivity index (χ1n) is 6.26. The lowest BCUT2D eigenvalue weighted by Crippen LogP contribution is -2.37. The molecule has 0 aromatic heterocycles. The van der Waals surface area contributed by atoms with Gasteiger partial charge < -0.3 is 14.8 Å². The van der Waals surface area contributed by atoms with Crippen molar-refractivity contribution in [2.24, 2.45) is 0 Å². The summed E-state index contributed by atoms with van der Waals surface area (Å²) in [7, 11) is 1.82. The fourth-order valence-corrected chi connectivity index (χ4v) is 2.61. The molecule has 1 heterocycles. The first-order valence-corrected chi connectivity index (χ1v) is 6.26. The molecule has 0 spiro atoms. The highest BCUT2D eigenvalue weighted by molar-refractivity contribution is 4.82. The van der Waals surface area contributed by atoms with Gasteiger partial charge in [-0.15, -0.1) is 0 Å².